The van der Waals surface area contributed by atoms with Gasteiger partial charge in [-0.25, -0.2) is 13.4 Å². The highest BCUT2D eigenvalue weighted by atomic mass is 32.2. The molecule has 1 fully saturated rings. The molecule has 0 atom stereocenters. The molecule has 1 aliphatic rings. The van der Waals surface area contributed by atoms with Gasteiger partial charge in [-0.15, -0.1) is 0 Å². The third-order valence-corrected chi connectivity index (χ3v) is 6.47. The summed E-state index contributed by atoms with van der Waals surface area (Å²) in [7, 11) is -1.37. The van der Waals surface area contributed by atoms with E-state index in [-0.39, 0.29) is 17.6 Å². The van der Waals surface area contributed by atoms with E-state index in [2.05, 4.69) is 15.6 Å². The van der Waals surface area contributed by atoms with Gasteiger partial charge in [-0.1, -0.05) is 19.1 Å². The molecule has 0 saturated heterocycles. The largest absolute Gasteiger partial charge is 0.493 e. The molecule has 1 saturated carbocycles. The fourth-order valence-electron chi connectivity index (χ4n) is 3.13. The monoisotopic (exact) mass is 411 g/mol. The van der Waals surface area contributed by atoms with Crippen molar-refractivity contribution in [3.8, 4) is 11.5 Å². The van der Waals surface area contributed by atoms with Gasteiger partial charge < -0.3 is 20.1 Å². The number of sulfone groups is 1. The van der Waals surface area contributed by atoms with Crippen LogP contribution in [-0.4, -0.2) is 52.2 Å². The highest BCUT2D eigenvalue weighted by molar-refractivity contribution is 7.91. The van der Waals surface area contributed by atoms with Crippen molar-refractivity contribution < 1.29 is 17.9 Å². The van der Waals surface area contributed by atoms with Crippen molar-refractivity contribution in [3.05, 3.63) is 23.8 Å². The maximum absolute atomic E-state index is 11.7. The van der Waals surface area contributed by atoms with Crippen molar-refractivity contribution in [2.45, 2.75) is 52.2 Å². The molecule has 158 valence electrons. The number of nitrogens with zero attached hydrogens (tertiary/aromatic N) is 1. The number of ether oxygens (including phenoxy) is 2. The molecular weight excluding hydrogens is 378 g/mol. The van der Waals surface area contributed by atoms with Gasteiger partial charge in [-0.2, -0.15) is 0 Å². The summed E-state index contributed by atoms with van der Waals surface area (Å²) >= 11 is 0. The molecule has 1 aromatic carbocycles. The first-order valence-corrected chi connectivity index (χ1v) is 11.9. The zero-order chi connectivity index (χ0) is 20.4. The Balaban J connectivity index is 2.09. The highest BCUT2D eigenvalue weighted by Gasteiger charge is 2.20. The lowest BCUT2D eigenvalue weighted by atomic mass is 10.1. The van der Waals surface area contributed by atoms with E-state index in [9.17, 15) is 8.42 Å². The number of hydrogen-bond donors (Lipinski definition) is 2. The molecule has 0 amide bonds. The summed E-state index contributed by atoms with van der Waals surface area (Å²) in [5, 5.41) is 6.24. The second-order valence-electron chi connectivity index (χ2n) is 6.83. The van der Waals surface area contributed by atoms with Crippen LogP contribution in [0, 0.1) is 0 Å². The number of para-hydroxylation sites is 1. The third-order valence-electron chi connectivity index (χ3n) is 4.76. The lowest BCUT2D eigenvalue weighted by Crippen LogP contribution is -2.39. The number of rotatable bonds is 10. The molecule has 0 radical (unpaired) electrons. The fourth-order valence-corrected chi connectivity index (χ4v) is 3.83. The number of nitrogens with one attached hydrogen (secondary N) is 2. The van der Waals surface area contributed by atoms with Crippen molar-refractivity contribution in [1.82, 2.24) is 10.6 Å². The summed E-state index contributed by atoms with van der Waals surface area (Å²) in [6.45, 7) is 5.06. The lowest BCUT2D eigenvalue weighted by molar-refractivity contribution is 0.198. The van der Waals surface area contributed by atoms with Crippen LogP contribution in [0.2, 0.25) is 0 Å². The third kappa shape index (κ3) is 6.89. The number of aliphatic imine (C=N–C) groups is 1. The first-order chi connectivity index (χ1) is 13.5. The number of methoxy groups -OCH3 is 1. The van der Waals surface area contributed by atoms with Crippen LogP contribution in [0.3, 0.4) is 0 Å². The Morgan fingerprint density at radius 1 is 1.21 bits per heavy atom. The molecule has 2 N–H and O–H groups in total. The zero-order valence-corrected chi connectivity index (χ0v) is 18.0. The van der Waals surface area contributed by atoms with E-state index >= 15 is 0 Å². The van der Waals surface area contributed by atoms with Crippen molar-refractivity contribution in [3.63, 3.8) is 0 Å². The van der Waals surface area contributed by atoms with Gasteiger partial charge in [0.25, 0.3) is 0 Å². The SMILES string of the molecule is CCNC(=NCc1cccc(OC)c1OC1CCCC1)NCCS(=O)(=O)CC. The number of benzene rings is 1. The van der Waals surface area contributed by atoms with Crippen molar-refractivity contribution in [1.29, 1.82) is 0 Å². The van der Waals surface area contributed by atoms with Crippen LogP contribution in [0.25, 0.3) is 0 Å². The summed E-state index contributed by atoms with van der Waals surface area (Å²) in [6.07, 6.45) is 4.75. The normalized spacial score (nSPS) is 15.5. The topological polar surface area (TPSA) is 89.0 Å². The minimum atomic E-state index is -3.01. The lowest BCUT2D eigenvalue weighted by Gasteiger charge is -2.19. The van der Waals surface area contributed by atoms with Gasteiger partial charge in [0.05, 0.1) is 25.5 Å². The van der Waals surface area contributed by atoms with Crippen LogP contribution in [0.1, 0.15) is 45.1 Å². The standard InChI is InChI=1S/C20H33N3O4S/c1-4-21-20(22-13-14-28(24,25)5-2)23-15-16-9-8-12-18(26-3)19(16)27-17-10-6-7-11-17/h8-9,12,17H,4-7,10-11,13-15H2,1-3H3,(H2,21,22,23). The molecule has 0 aromatic heterocycles. The van der Waals surface area contributed by atoms with E-state index in [1.165, 1.54) is 12.8 Å². The molecular formula is C20H33N3O4S. The predicted octanol–water partition coefficient (Wildman–Crippen LogP) is 2.51. The van der Waals surface area contributed by atoms with Crippen molar-refractivity contribution >= 4 is 15.8 Å². The van der Waals surface area contributed by atoms with Gasteiger partial charge in [0.15, 0.2) is 27.3 Å². The molecule has 1 aliphatic carbocycles. The van der Waals surface area contributed by atoms with Crippen LogP contribution in [-0.2, 0) is 16.4 Å². The Bertz CT molecular complexity index is 744. The van der Waals surface area contributed by atoms with Crippen LogP contribution >= 0.6 is 0 Å². The Morgan fingerprint density at radius 2 is 1.96 bits per heavy atom. The predicted molar refractivity (Wildman–Crippen MR) is 113 cm³/mol. The van der Waals surface area contributed by atoms with E-state index in [1.807, 2.05) is 25.1 Å². The Hall–Kier alpha value is -1.96. The molecule has 0 bridgehead atoms. The van der Waals surface area contributed by atoms with Gasteiger partial charge in [0, 0.05) is 24.4 Å². The first-order valence-electron chi connectivity index (χ1n) is 10.0. The maximum atomic E-state index is 11.7. The minimum Gasteiger partial charge on any atom is -0.493 e. The summed E-state index contributed by atoms with van der Waals surface area (Å²) in [5.41, 5.74) is 0.949. The van der Waals surface area contributed by atoms with E-state index in [0.29, 0.717) is 31.3 Å². The van der Waals surface area contributed by atoms with Gasteiger partial charge in [-0.3, -0.25) is 0 Å². The van der Waals surface area contributed by atoms with Crippen LogP contribution in [0.5, 0.6) is 11.5 Å². The summed E-state index contributed by atoms with van der Waals surface area (Å²) < 4.78 is 35.1. The van der Waals surface area contributed by atoms with Crippen molar-refractivity contribution in [2.24, 2.45) is 4.99 Å². The van der Waals surface area contributed by atoms with Crippen LogP contribution in [0.15, 0.2) is 23.2 Å². The molecule has 0 spiro atoms. The maximum Gasteiger partial charge on any atom is 0.191 e. The molecule has 8 heteroatoms. The molecule has 1 aromatic rings. The Kier molecular flexibility index (Phi) is 8.89. The number of guanidine groups is 1. The van der Waals surface area contributed by atoms with Gasteiger partial charge >= 0.3 is 0 Å². The summed E-state index contributed by atoms with van der Waals surface area (Å²) in [6, 6.07) is 5.82. The number of hydrogen-bond acceptors (Lipinski definition) is 5. The summed E-state index contributed by atoms with van der Waals surface area (Å²) in [4.78, 5) is 4.60. The molecule has 0 unspecified atom stereocenters. The second kappa shape index (κ2) is 11.1. The zero-order valence-electron chi connectivity index (χ0n) is 17.2. The average molecular weight is 412 g/mol. The quantitative estimate of drug-likeness (QED) is 0.454. The van der Waals surface area contributed by atoms with Crippen molar-refractivity contribution in [2.75, 3.05) is 31.7 Å². The minimum absolute atomic E-state index is 0.0864. The first kappa shape index (κ1) is 22.3. The van der Waals surface area contributed by atoms with E-state index in [0.717, 1.165) is 24.2 Å². The molecule has 2 rings (SSSR count). The van der Waals surface area contributed by atoms with Gasteiger partial charge in [0.1, 0.15) is 0 Å². The Morgan fingerprint density at radius 3 is 2.61 bits per heavy atom. The molecule has 0 heterocycles. The van der Waals surface area contributed by atoms with E-state index < -0.39 is 9.84 Å². The molecule has 0 aliphatic heterocycles. The van der Waals surface area contributed by atoms with Gasteiger partial charge in [0.2, 0.25) is 0 Å². The average Bonchev–Trinajstić information content (AvgIpc) is 3.20. The smallest absolute Gasteiger partial charge is 0.191 e. The summed E-state index contributed by atoms with van der Waals surface area (Å²) in [5.74, 6) is 2.29. The Labute approximate surface area is 168 Å². The highest BCUT2D eigenvalue weighted by Crippen LogP contribution is 2.35. The van der Waals surface area contributed by atoms with E-state index in [4.69, 9.17) is 9.47 Å². The van der Waals surface area contributed by atoms with Crippen LogP contribution < -0.4 is 20.1 Å². The second-order valence-corrected chi connectivity index (χ2v) is 9.30. The van der Waals surface area contributed by atoms with Gasteiger partial charge in [-0.05, 0) is 38.7 Å². The molecule has 7 nitrogen and oxygen atoms in total. The fraction of sp³-hybridized carbons (Fsp3) is 0.650. The van der Waals surface area contributed by atoms with Crippen LogP contribution in [0.4, 0.5) is 0 Å². The van der Waals surface area contributed by atoms with E-state index in [1.54, 1.807) is 14.0 Å². The molecule has 28 heavy (non-hydrogen) atoms.